The predicted molar refractivity (Wildman–Crippen MR) is 80.8 cm³/mol. The molecule has 0 radical (unpaired) electrons. The van der Waals surface area contributed by atoms with E-state index in [4.69, 9.17) is 0 Å². The van der Waals surface area contributed by atoms with Gasteiger partial charge in [0.25, 0.3) is 0 Å². The lowest BCUT2D eigenvalue weighted by molar-refractivity contribution is 0.580. The third kappa shape index (κ3) is 4.68. The predicted octanol–water partition coefficient (Wildman–Crippen LogP) is 1.48. The van der Waals surface area contributed by atoms with Gasteiger partial charge >= 0.3 is 0 Å². The van der Waals surface area contributed by atoms with Crippen LogP contribution in [0.2, 0.25) is 0 Å². The summed E-state index contributed by atoms with van der Waals surface area (Å²) < 4.78 is 26.6. The molecular formula is C13H17N3O2S2. The maximum atomic E-state index is 12.0. The van der Waals surface area contributed by atoms with Crippen molar-refractivity contribution in [1.29, 1.82) is 0 Å². The van der Waals surface area contributed by atoms with Crippen molar-refractivity contribution in [3.05, 3.63) is 52.0 Å². The van der Waals surface area contributed by atoms with Crippen LogP contribution in [0.25, 0.3) is 0 Å². The van der Waals surface area contributed by atoms with Crippen molar-refractivity contribution < 1.29 is 8.42 Å². The molecule has 0 aliphatic rings. The molecule has 0 unspecified atom stereocenters. The number of aromatic nitrogens is 1. The van der Waals surface area contributed by atoms with E-state index in [0.29, 0.717) is 0 Å². The fourth-order valence-corrected chi connectivity index (χ4v) is 3.54. The molecule has 5 nitrogen and oxygen atoms in total. The first-order valence-electron chi connectivity index (χ1n) is 6.17. The highest BCUT2D eigenvalue weighted by Gasteiger charge is 2.12. The molecule has 1 aromatic carbocycles. The van der Waals surface area contributed by atoms with Crippen LogP contribution in [0.4, 0.5) is 0 Å². The Morgan fingerprint density at radius 3 is 2.75 bits per heavy atom. The minimum Gasteiger partial charge on any atom is -0.316 e. The molecule has 2 aromatic rings. The van der Waals surface area contributed by atoms with Crippen LogP contribution in [0.5, 0.6) is 0 Å². The number of benzene rings is 1. The number of nitrogens with one attached hydrogen (secondary N) is 2. The Hall–Kier alpha value is -1.28. The molecule has 0 bridgehead atoms. The molecule has 7 heteroatoms. The van der Waals surface area contributed by atoms with Gasteiger partial charge < -0.3 is 5.32 Å². The molecule has 0 aliphatic heterocycles. The fourth-order valence-electron chi connectivity index (χ4n) is 1.82. The van der Waals surface area contributed by atoms with Gasteiger partial charge in [-0.15, -0.1) is 11.3 Å². The molecule has 20 heavy (non-hydrogen) atoms. The Morgan fingerprint density at radius 2 is 2.05 bits per heavy atom. The second-order valence-corrected chi connectivity index (χ2v) is 7.14. The third-order valence-electron chi connectivity index (χ3n) is 2.66. The van der Waals surface area contributed by atoms with E-state index in [1.54, 1.807) is 6.20 Å². The van der Waals surface area contributed by atoms with Gasteiger partial charge in [0, 0.05) is 18.1 Å². The summed E-state index contributed by atoms with van der Waals surface area (Å²) in [5.74, 6) is -0.0179. The van der Waals surface area contributed by atoms with Crippen molar-refractivity contribution in [2.45, 2.75) is 18.8 Å². The van der Waals surface area contributed by atoms with Crippen LogP contribution in [0.1, 0.15) is 16.1 Å². The zero-order chi connectivity index (χ0) is 14.4. The second-order valence-electron chi connectivity index (χ2n) is 4.36. The van der Waals surface area contributed by atoms with Crippen LogP contribution < -0.4 is 10.0 Å². The normalized spacial score (nSPS) is 11.7. The topological polar surface area (TPSA) is 71.1 Å². The smallest absolute Gasteiger partial charge is 0.216 e. The summed E-state index contributed by atoms with van der Waals surface area (Å²) in [6.45, 7) is 0.969. The molecule has 0 aliphatic carbocycles. The van der Waals surface area contributed by atoms with Gasteiger partial charge in [-0.1, -0.05) is 24.3 Å². The summed E-state index contributed by atoms with van der Waals surface area (Å²) in [6.07, 6.45) is 1.66. The quantitative estimate of drug-likeness (QED) is 0.812. The summed E-state index contributed by atoms with van der Waals surface area (Å²) in [5.41, 5.74) is 1.85. The van der Waals surface area contributed by atoms with E-state index in [9.17, 15) is 8.42 Å². The van der Waals surface area contributed by atoms with Crippen molar-refractivity contribution in [2.75, 3.05) is 7.05 Å². The van der Waals surface area contributed by atoms with Gasteiger partial charge in [-0.2, -0.15) is 0 Å². The van der Waals surface area contributed by atoms with Crippen LogP contribution >= 0.6 is 11.3 Å². The van der Waals surface area contributed by atoms with Gasteiger partial charge in [0.1, 0.15) is 5.01 Å². The number of thiazole rings is 1. The number of sulfonamides is 1. The van der Waals surface area contributed by atoms with Crippen molar-refractivity contribution in [3.63, 3.8) is 0 Å². The monoisotopic (exact) mass is 311 g/mol. The van der Waals surface area contributed by atoms with Gasteiger partial charge in [0.2, 0.25) is 10.0 Å². The first-order valence-corrected chi connectivity index (χ1v) is 8.70. The summed E-state index contributed by atoms with van der Waals surface area (Å²) in [5, 5.41) is 5.63. The summed E-state index contributed by atoms with van der Waals surface area (Å²) in [7, 11) is -1.49. The van der Waals surface area contributed by atoms with E-state index in [1.165, 1.54) is 11.3 Å². The standard InChI is InChI=1S/C13H17N3O2S2/c1-14-8-11-3-2-4-12(7-11)10-20(17,18)16-9-13-15-5-6-19-13/h2-7,14,16H,8-10H2,1H3. The molecule has 2 N–H and O–H groups in total. The minimum absolute atomic E-state index is 0.0179. The van der Waals surface area contributed by atoms with Gasteiger partial charge in [-0.25, -0.2) is 18.1 Å². The molecular weight excluding hydrogens is 294 g/mol. The third-order valence-corrected chi connectivity index (χ3v) is 4.73. The van der Waals surface area contributed by atoms with Crippen molar-refractivity contribution in [3.8, 4) is 0 Å². The van der Waals surface area contributed by atoms with Gasteiger partial charge in [0.05, 0.1) is 12.3 Å². The second kappa shape index (κ2) is 6.94. The fraction of sp³-hybridized carbons (Fsp3) is 0.308. The molecule has 0 amide bonds. The molecule has 1 heterocycles. The van der Waals surface area contributed by atoms with E-state index in [-0.39, 0.29) is 12.3 Å². The summed E-state index contributed by atoms with van der Waals surface area (Å²) in [4.78, 5) is 4.05. The number of hydrogen-bond acceptors (Lipinski definition) is 5. The highest BCUT2D eigenvalue weighted by molar-refractivity contribution is 7.88. The lowest BCUT2D eigenvalue weighted by atomic mass is 10.1. The van der Waals surface area contributed by atoms with Crippen molar-refractivity contribution >= 4 is 21.4 Å². The summed E-state index contributed by atoms with van der Waals surface area (Å²) in [6, 6.07) is 7.56. The Labute approximate surface area is 123 Å². The van der Waals surface area contributed by atoms with Crippen molar-refractivity contribution in [2.24, 2.45) is 0 Å². The maximum absolute atomic E-state index is 12.0. The van der Waals surface area contributed by atoms with Gasteiger partial charge in [-0.3, -0.25) is 0 Å². The Morgan fingerprint density at radius 1 is 1.25 bits per heavy atom. The zero-order valence-electron chi connectivity index (χ0n) is 11.2. The van der Waals surface area contributed by atoms with E-state index in [2.05, 4.69) is 15.0 Å². The molecule has 0 fully saturated rings. The Kier molecular flexibility index (Phi) is 5.24. The highest BCUT2D eigenvalue weighted by Crippen LogP contribution is 2.10. The van der Waals surface area contributed by atoms with E-state index < -0.39 is 10.0 Å². The molecule has 1 aromatic heterocycles. The van der Waals surface area contributed by atoms with Crippen molar-refractivity contribution in [1.82, 2.24) is 15.0 Å². The molecule has 0 atom stereocenters. The number of nitrogens with zero attached hydrogens (tertiary/aromatic N) is 1. The van der Waals surface area contributed by atoms with E-state index >= 15 is 0 Å². The first kappa shape index (κ1) is 15.1. The zero-order valence-corrected chi connectivity index (χ0v) is 12.8. The van der Waals surface area contributed by atoms with Crippen LogP contribution in [0, 0.1) is 0 Å². The van der Waals surface area contributed by atoms with Crippen LogP contribution in [-0.4, -0.2) is 20.4 Å². The number of hydrogen-bond donors (Lipinski definition) is 2. The number of rotatable bonds is 7. The lowest BCUT2D eigenvalue weighted by Gasteiger charge is -2.07. The van der Waals surface area contributed by atoms with E-state index in [1.807, 2.05) is 36.7 Å². The highest BCUT2D eigenvalue weighted by atomic mass is 32.2. The minimum atomic E-state index is -3.35. The van der Waals surface area contributed by atoms with Gasteiger partial charge in [-0.05, 0) is 18.2 Å². The first-order chi connectivity index (χ1) is 9.59. The Balaban J connectivity index is 1.98. The van der Waals surface area contributed by atoms with Crippen LogP contribution in [0.15, 0.2) is 35.8 Å². The molecule has 108 valence electrons. The SMILES string of the molecule is CNCc1cccc(CS(=O)(=O)NCc2nccs2)c1. The average molecular weight is 311 g/mol. The molecule has 2 rings (SSSR count). The summed E-state index contributed by atoms with van der Waals surface area (Å²) >= 11 is 1.43. The van der Waals surface area contributed by atoms with E-state index in [0.717, 1.165) is 22.7 Å². The Bertz CT molecular complexity index is 639. The maximum Gasteiger partial charge on any atom is 0.216 e. The van der Waals surface area contributed by atoms with Crippen LogP contribution in [-0.2, 0) is 28.9 Å². The lowest BCUT2D eigenvalue weighted by Crippen LogP contribution is -2.24. The van der Waals surface area contributed by atoms with Gasteiger partial charge in [0.15, 0.2) is 0 Å². The molecule has 0 spiro atoms. The average Bonchev–Trinajstić information content (AvgIpc) is 2.90. The largest absolute Gasteiger partial charge is 0.316 e. The molecule has 0 saturated carbocycles. The molecule has 0 saturated heterocycles. The van der Waals surface area contributed by atoms with Crippen LogP contribution in [0.3, 0.4) is 0 Å².